The summed E-state index contributed by atoms with van der Waals surface area (Å²) in [7, 11) is 0. The third-order valence-corrected chi connectivity index (χ3v) is 12.0. The van der Waals surface area contributed by atoms with Crippen molar-refractivity contribution in [3.63, 3.8) is 0 Å². The van der Waals surface area contributed by atoms with E-state index in [0.717, 1.165) is 96.3 Å². The van der Waals surface area contributed by atoms with Crippen molar-refractivity contribution in [1.82, 2.24) is 5.32 Å². The number of aliphatic hydroxyl groups is 2. The molecule has 0 aromatic carbocycles. The first-order valence-corrected chi connectivity index (χ1v) is 27.5. The number of rotatable bonds is 48. The minimum atomic E-state index is -0.810. The highest BCUT2D eigenvalue weighted by molar-refractivity contribution is 5.77. The number of carbonyl (C=O) groups is 2. The van der Waals surface area contributed by atoms with Gasteiger partial charge in [0, 0.05) is 6.42 Å². The van der Waals surface area contributed by atoms with E-state index in [9.17, 15) is 19.8 Å². The van der Waals surface area contributed by atoms with E-state index in [0.29, 0.717) is 19.3 Å². The highest BCUT2D eigenvalue weighted by Crippen LogP contribution is 2.17. The summed E-state index contributed by atoms with van der Waals surface area (Å²) in [5, 5.41) is 23.8. The van der Waals surface area contributed by atoms with Crippen LogP contribution in [0.4, 0.5) is 0 Å². The summed E-state index contributed by atoms with van der Waals surface area (Å²) in [6.07, 6.45) is 70.3. The van der Waals surface area contributed by atoms with Crippen LogP contribution in [0.5, 0.6) is 0 Å². The van der Waals surface area contributed by atoms with Crippen molar-refractivity contribution >= 4 is 11.9 Å². The first-order valence-electron chi connectivity index (χ1n) is 27.5. The number of allylic oxidation sites excluding steroid dienone is 16. The molecule has 0 aliphatic heterocycles. The molecule has 1 amide bonds. The summed E-state index contributed by atoms with van der Waals surface area (Å²) < 4.78 is 5.92. The first-order chi connectivity index (χ1) is 32.5. The molecule has 6 nitrogen and oxygen atoms in total. The number of aliphatic hydroxyl groups excluding tert-OH is 2. The van der Waals surface area contributed by atoms with Crippen LogP contribution in [0.2, 0.25) is 0 Å². The topological polar surface area (TPSA) is 95.9 Å². The normalized spacial score (nSPS) is 14.0. The Morgan fingerprint density at radius 3 is 1.33 bits per heavy atom. The maximum Gasteiger partial charge on any atom is 0.306 e. The molecule has 0 spiro atoms. The number of hydrogen-bond acceptors (Lipinski definition) is 5. The van der Waals surface area contributed by atoms with E-state index in [1.165, 1.54) is 103 Å². The van der Waals surface area contributed by atoms with Gasteiger partial charge in [0.15, 0.2) is 0 Å². The summed E-state index contributed by atoms with van der Waals surface area (Å²) >= 11 is 0. The van der Waals surface area contributed by atoms with Crippen molar-refractivity contribution in [1.29, 1.82) is 0 Å². The number of hydrogen-bond donors (Lipinski definition) is 3. The van der Waals surface area contributed by atoms with Gasteiger partial charge in [-0.3, -0.25) is 9.59 Å². The molecular formula is C60H103NO5. The molecule has 0 aromatic rings. The quantitative estimate of drug-likeness (QED) is 0.0245. The van der Waals surface area contributed by atoms with Gasteiger partial charge in [0.2, 0.25) is 5.91 Å². The lowest BCUT2D eigenvalue weighted by molar-refractivity contribution is -0.151. The maximum absolute atomic E-state index is 13.2. The summed E-state index contributed by atoms with van der Waals surface area (Å²) in [5.74, 6) is -0.553. The van der Waals surface area contributed by atoms with Crippen molar-refractivity contribution in [2.24, 2.45) is 0 Å². The Morgan fingerprint density at radius 2 is 0.833 bits per heavy atom. The average Bonchev–Trinajstić information content (AvgIpc) is 3.31. The third-order valence-electron chi connectivity index (χ3n) is 12.0. The second kappa shape index (κ2) is 52.7. The Morgan fingerprint density at radius 1 is 0.455 bits per heavy atom. The van der Waals surface area contributed by atoms with Crippen molar-refractivity contribution in [2.75, 3.05) is 6.61 Å². The molecule has 3 atom stereocenters. The zero-order valence-electron chi connectivity index (χ0n) is 43.0. The Balaban J connectivity index is 4.74. The monoisotopic (exact) mass is 918 g/mol. The summed E-state index contributed by atoms with van der Waals surface area (Å²) in [6, 6.07) is -0.727. The summed E-state index contributed by atoms with van der Waals surface area (Å²) in [4.78, 5) is 26.2. The second-order valence-corrected chi connectivity index (χ2v) is 18.4. The molecule has 378 valence electrons. The molecule has 0 aliphatic carbocycles. The molecule has 0 bridgehead atoms. The van der Waals surface area contributed by atoms with Gasteiger partial charge in [0.1, 0.15) is 6.10 Å². The fourth-order valence-corrected chi connectivity index (χ4v) is 7.78. The minimum Gasteiger partial charge on any atom is -0.462 e. The van der Waals surface area contributed by atoms with Gasteiger partial charge in [-0.1, -0.05) is 234 Å². The lowest BCUT2D eigenvalue weighted by atomic mass is 10.0. The SMILES string of the molecule is CCCCC/C=C\C/C=C\C/C=C\C/C=C\CCCCCC(=O)OC(CCCCC/C=C/C=C/C=C/C=C/CCCCC)CC(=O)NC(CO)C(O)CCCCCCCCCCCCCC. The lowest BCUT2D eigenvalue weighted by Crippen LogP contribution is -2.46. The fourth-order valence-electron chi connectivity index (χ4n) is 7.78. The standard InChI is InChI=1S/C60H103NO5/c1-4-7-10-13-16-19-22-25-27-29-30-31-33-35-38-41-44-47-50-53-60(65)66-56(51-48-45-42-39-36-34-32-28-26-23-20-17-14-11-8-5-2)54-59(64)61-57(55-62)58(63)52-49-46-43-40-37-24-21-18-15-12-9-6-3/h16-17,19-20,23,25-28,30-32,34-36,38,56-58,62-63H,4-15,18,21-22,24,29,33,37,39-55H2,1-3H3,(H,61,64)/b19-16-,20-17+,26-23+,27-25-,31-30-,32-28+,36-34+,38-35-. The van der Waals surface area contributed by atoms with Gasteiger partial charge in [-0.2, -0.15) is 0 Å². The third kappa shape index (κ3) is 47.3. The Labute approximate surface area is 407 Å². The van der Waals surface area contributed by atoms with Gasteiger partial charge in [-0.05, 0) is 96.3 Å². The number of nitrogens with one attached hydrogen (secondary N) is 1. The largest absolute Gasteiger partial charge is 0.462 e. The highest BCUT2D eigenvalue weighted by Gasteiger charge is 2.24. The van der Waals surface area contributed by atoms with E-state index in [2.05, 4.69) is 117 Å². The molecule has 3 unspecified atom stereocenters. The van der Waals surface area contributed by atoms with Crippen LogP contribution >= 0.6 is 0 Å². The van der Waals surface area contributed by atoms with Crippen LogP contribution in [0.25, 0.3) is 0 Å². The molecular weight excluding hydrogens is 815 g/mol. The molecule has 3 N–H and O–H groups in total. The molecule has 0 aliphatic rings. The summed E-state index contributed by atoms with van der Waals surface area (Å²) in [6.45, 7) is 6.39. The van der Waals surface area contributed by atoms with Gasteiger partial charge in [0.25, 0.3) is 0 Å². The number of amides is 1. The van der Waals surface area contributed by atoms with Crippen LogP contribution in [0.3, 0.4) is 0 Å². The van der Waals surface area contributed by atoms with E-state index in [4.69, 9.17) is 4.74 Å². The van der Waals surface area contributed by atoms with Gasteiger partial charge >= 0.3 is 5.97 Å². The smallest absolute Gasteiger partial charge is 0.306 e. The summed E-state index contributed by atoms with van der Waals surface area (Å²) in [5.41, 5.74) is 0. The fraction of sp³-hybridized carbons (Fsp3) is 0.700. The van der Waals surface area contributed by atoms with Crippen LogP contribution in [-0.2, 0) is 14.3 Å². The van der Waals surface area contributed by atoms with E-state index in [1.54, 1.807) is 0 Å². The first kappa shape index (κ1) is 62.8. The molecule has 0 fully saturated rings. The van der Waals surface area contributed by atoms with Crippen molar-refractivity contribution in [2.45, 2.75) is 264 Å². The Hall–Kier alpha value is -3.22. The molecule has 0 heterocycles. The van der Waals surface area contributed by atoms with Crippen LogP contribution in [0, 0.1) is 0 Å². The van der Waals surface area contributed by atoms with E-state index >= 15 is 0 Å². The number of unbranched alkanes of at least 4 members (excludes halogenated alkanes) is 23. The van der Waals surface area contributed by atoms with Gasteiger partial charge < -0.3 is 20.3 Å². The van der Waals surface area contributed by atoms with Gasteiger partial charge in [0.05, 0.1) is 25.2 Å². The number of carbonyl (C=O) groups excluding carboxylic acids is 2. The molecule has 0 aromatic heterocycles. The Kier molecular flexibility index (Phi) is 50.2. The lowest BCUT2D eigenvalue weighted by Gasteiger charge is -2.24. The Bertz CT molecular complexity index is 1310. The minimum absolute atomic E-state index is 0.0335. The van der Waals surface area contributed by atoms with Crippen LogP contribution < -0.4 is 5.32 Å². The number of ether oxygens (including phenoxy) is 1. The zero-order chi connectivity index (χ0) is 48.1. The zero-order valence-corrected chi connectivity index (χ0v) is 43.0. The van der Waals surface area contributed by atoms with E-state index in [-0.39, 0.29) is 24.9 Å². The van der Waals surface area contributed by atoms with Gasteiger partial charge in [-0.15, -0.1) is 0 Å². The highest BCUT2D eigenvalue weighted by atomic mass is 16.5. The van der Waals surface area contributed by atoms with E-state index in [1.807, 2.05) is 6.08 Å². The van der Waals surface area contributed by atoms with Crippen molar-refractivity contribution in [3.05, 3.63) is 97.2 Å². The predicted octanol–water partition coefficient (Wildman–Crippen LogP) is 16.9. The second-order valence-electron chi connectivity index (χ2n) is 18.4. The van der Waals surface area contributed by atoms with Gasteiger partial charge in [-0.25, -0.2) is 0 Å². The molecule has 0 rings (SSSR count). The van der Waals surface area contributed by atoms with Crippen molar-refractivity contribution < 1.29 is 24.5 Å². The van der Waals surface area contributed by atoms with Crippen LogP contribution in [0.1, 0.15) is 245 Å². The predicted molar refractivity (Wildman–Crippen MR) is 287 cm³/mol. The molecule has 0 saturated carbocycles. The van der Waals surface area contributed by atoms with Crippen LogP contribution in [-0.4, -0.2) is 46.9 Å². The average molecular weight is 918 g/mol. The number of esters is 1. The van der Waals surface area contributed by atoms with E-state index < -0.39 is 18.2 Å². The molecule has 6 heteroatoms. The maximum atomic E-state index is 13.2. The molecule has 0 radical (unpaired) electrons. The molecule has 0 saturated heterocycles. The van der Waals surface area contributed by atoms with Crippen molar-refractivity contribution in [3.8, 4) is 0 Å². The van der Waals surface area contributed by atoms with Crippen LogP contribution in [0.15, 0.2) is 97.2 Å². The molecule has 66 heavy (non-hydrogen) atoms.